The number of rotatable bonds is 8. The van der Waals surface area contributed by atoms with Crippen LogP contribution in [0.5, 0.6) is 5.75 Å². The van der Waals surface area contributed by atoms with Gasteiger partial charge < -0.3 is 14.5 Å². The van der Waals surface area contributed by atoms with Crippen LogP contribution in [0.15, 0.2) is 71.3 Å². The highest BCUT2D eigenvalue weighted by Crippen LogP contribution is 2.31. The average Bonchev–Trinajstić information content (AvgIpc) is 3.58. The topological polar surface area (TPSA) is 102 Å². The van der Waals surface area contributed by atoms with Gasteiger partial charge in [-0.3, -0.25) is 14.5 Å². The highest BCUT2D eigenvalue weighted by molar-refractivity contribution is 6.01. The molecule has 0 bridgehead atoms. The summed E-state index contributed by atoms with van der Waals surface area (Å²) in [5.74, 6) is 0.436. The minimum absolute atomic E-state index is 0.0794. The standard InChI is InChI=1S/C27H29N5O4/c1-35-21-15-13-20(14-16-21)32(25(33)18-31-23-11-6-5-10-22(23)29-30-31)26(24-12-7-17-36-24)27(34)28-19-8-3-2-4-9-19/h5-7,10-17,19,26H,2-4,8-9,18H2,1H3,(H,28,34)/t26-/m1/s1. The van der Waals surface area contributed by atoms with Crippen molar-refractivity contribution in [3.63, 3.8) is 0 Å². The molecule has 0 aliphatic heterocycles. The van der Waals surface area contributed by atoms with E-state index in [0.717, 1.165) is 31.2 Å². The van der Waals surface area contributed by atoms with Gasteiger partial charge in [0.25, 0.3) is 5.91 Å². The molecule has 0 spiro atoms. The van der Waals surface area contributed by atoms with E-state index in [4.69, 9.17) is 9.15 Å². The van der Waals surface area contributed by atoms with E-state index in [2.05, 4.69) is 15.6 Å². The minimum Gasteiger partial charge on any atom is -0.497 e. The van der Waals surface area contributed by atoms with Crippen molar-refractivity contribution in [1.29, 1.82) is 0 Å². The first-order valence-electron chi connectivity index (χ1n) is 12.2. The molecule has 2 aromatic heterocycles. The molecule has 4 aromatic rings. The smallest absolute Gasteiger partial charge is 0.251 e. The van der Waals surface area contributed by atoms with Crippen LogP contribution >= 0.6 is 0 Å². The molecule has 5 rings (SSSR count). The van der Waals surface area contributed by atoms with Gasteiger partial charge in [0.15, 0.2) is 6.04 Å². The lowest BCUT2D eigenvalue weighted by molar-refractivity contribution is -0.128. The molecule has 1 aliphatic rings. The molecule has 0 saturated heterocycles. The van der Waals surface area contributed by atoms with Gasteiger partial charge in [0.1, 0.15) is 23.6 Å². The Hall–Kier alpha value is -4.14. The molecule has 9 heteroatoms. The Bertz CT molecular complexity index is 1310. The Morgan fingerprint density at radius 3 is 2.58 bits per heavy atom. The van der Waals surface area contributed by atoms with Crippen LogP contribution in [0.3, 0.4) is 0 Å². The number of hydrogen-bond donors (Lipinski definition) is 1. The summed E-state index contributed by atoms with van der Waals surface area (Å²) in [5.41, 5.74) is 1.98. The van der Waals surface area contributed by atoms with Gasteiger partial charge in [-0.1, -0.05) is 36.6 Å². The lowest BCUT2D eigenvalue weighted by Crippen LogP contribution is -2.48. The molecular weight excluding hydrogens is 458 g/mol. The van der Waals surface area contributed by atoms with E-state index in [0.29, 0.717) is 22.7 Å². The maximum Gasteiger partial charge on any atom is 0.251 e. The summed E-state index contributed by atoms with van der Waals surface area (Å²) in [6.45, 7) is -0.0968. The van der Waals surface area contributed by atoms with Crippen molar-refractivity contribution in [3.05, 3.63) is 72.7 Å². The molecule has 0 unspecified atom stereocenters. The molecule has 1 N–H and O–H groups in total. The molecule has 9 nitrogen and oxygen atoms in total. The summed E-state index contributed by atoms with van der Waals surface area (Å²) in [7, 11) is 1.58. The van der Waals surface area contributed by atoms with Crippen LogP contribution in [0.2, 0.25) is 0 Å². The molecule has 1 aliphatic carbocycles. The lowest BCUT2D eigenvalue weighted by Gasteiger charge is -2.32. The number of methoxy groups -OCH3 is 1. The lowest BCUT2D eigenvalue weighted by atomic mass is 9.95. The fourth-order valence-corrected chi connectivity index (χ4v) is 4.77. The zero-order chi connectivity index (χ0) is 24.9. The van der Waals surface area contributed by atoms with Gasteiger partial charge in [-0.15, -0.1) is 5.10 Å². The Morgan fingerprint density at radius 2 is 1.86 bits per heavy atom. The third-order valence-electron chi connectivity index (χ3n) is 6.60. The molecule has 2 aromatic carbocycles. The van der Waals surface area contributed by atoms with Crippen molar-refractivity contribution in [2.45, 2.75) is 50.7 Å². The normalized spacial score (nSPS) is 14.9. The molecule has 1 fully saturated rings. The number of benzene rings is 2. The zero-order valence-corrected chi connectivity index (χ0v) is 20.2. The van der Waals surface area contributed by atoms with Crippen LogP contribution in [-0.4, -0.2) is 40.0 Å². The number of fused-ring (bicyclic) bond motifs is 1. The van der Waals surface area contributed by atoms with Crippen molar-refractivity contribution in [2.75, 3.05) is 12.0 Å². The molecule has 2 heterocycles. The number of hydrogen-bond acceptors (Lipinski definition) is 6. The van der Waals surface area contributed by atoms with Crippen LogP contribution in [0.4, 0.5) is 5.69 Å². The second-order valence-electron chi connectivity index (χ2n) is 8.96. The second-order valence-corrected chi connectivity index (χ2v) is 8.96. The number of furan rings is 1. The van der Waals surface area contributed by atoms with E-state index in [1.807, 2.05) is 24.3 Å². The van der Waals surface area contributed by atoms with E-state index in [9.17, 15) is 9.59 Å². The Balaban J connectivity index is 1.52. The van der Waals surface area contributed by atoms with Crippen LogP contribution in [0, 0.1) is 0 Å². The maximum atomic E-state index is 13.9. The molecule has 1 atom stereocenters. The summed E-state index contributed by atoms with van der Waals surface area (Å²) in [6, 6.07) is 17.0. The monoisotopic (exact) mass is 487 g/mol. The van der Waals surface area contributed by atoms with Crippen molar-refractivity contribution in [1.82, 2.24) is 20.3 Å². The van der Waals surface area contributed by atoms with Crippen LogP contribution in [0.25, 0.3) is 11.0 Å². The van der Waals surface area contributed by atoms with Gasteiger partial charge in [-0.05, 0) is 61.4 Å². The summed E-state index contributed by atoms with van der Waals surface area (Å²) in [4.78, 5) is 29.1. The van der Waals surface area contributed by atoms with Crippen molar-refractivity contribution >= 4 is 28.5 Å². The number of amides is 2. The highest BCUT2D eigenvalue weighted by atomic mass is 16.5. The number of para-hydroxylation sites is 1. The van der Waals surface area contributed by atoms with E-state index < -0.39 is 6.04 Å². The predicted molar refractivity (Wildman–Crippen MR) is 134 cm³/mol. The number of nitrogens with one attached hydrogen (secondary N) is 1. The highest BCUT2D eigenvalue weighted by Gasteiger charge is 2.36. The van der Waals surface area contributed by atoms with Crippen molar-refractivity contribution in [2.24, 2.45) is 0 Å². The van der Waals surface area contributed by atoms with E-state index in [1.54, 1.807) is 48.2 Å². The molecular formula is C27H29N5O4. The zero-order valence-electron chi connectivity index (χ0n) is 20.2. The molecule has 36 heavy (non-hydrogen) atoms. The first kappa shape index (κ1) is 23.6. The molecule has 186 valence electrons. The molecule has 1 saturated carbocycles. The third kappa shape index (κ3) is 4.95. The largest absolute Gasteiger partial charge is 0.497 e. The van der Waals surface area contributed by atoms with Gasteiger partial charge in [0.2, 0.25) is 5.91 Å². The van der Waals surface area contributed by atoms with Gasteiger partial charge in [0.05, 0.1) is 18.9 Å². The Kier molecular flexibility index (Phi) is 6.97. The first-order valence-corrected chi connectivity index (χ1v) is 12.2. The molecule has 2 amide bonds. The summed E-state index contributed by atoms with van der Waals surface area (Å²) < 4.78 is 12.5. The van der Waals surface area contributed by atoms with Crippen molar-refractivity contribution < 1.29 is 18.7 Å². The number of carbonyl (C=O) groups excluding carboxylic acids is 2. The maximum absolute atomic E-state index is 13.9. The number of carbonyl (C=O) groups is 2. The van der Waals surface area contributed by atoms with E-state index in [1.165, 1.54) is 17.6 Å². The summed E-state index contributed by atoms with van der Waals surface area (Å²) in [5, 5.41) is 11.5. The summed E-state index contributed by atoms with van der Waals surface area (Å²) >= 11 is 0. The van der Waals surface area contributed by atoms with Gasteiger partial charge in [-0.2, -0.15) is 0 Å². The SMILES string of the molecule is COc1ccc(N(C(=O)Cn2nnc3ccccc32)[C@@H](C(=O)NC2CCCCC2)c2ccco2)cc1. The Morgan fingerprint density at radius 1 is 1.08 bits per heavy atom. The molecule has 0 radical (unpaired) electrons. The Labute approximate surface area is 209 Å². The number of nitrogens with zero attached hydrogens (tertiary/aromatic N) is 4. The van der Waals surface area contributed by atoms with E-state index in [-0.39, 0.29) is 24.4 Å². The van der Waals surface area contributed by atoms with Gasteiger partial charge >= 0.3 is 0 Å². The van der Waals surface area contributed by atoms with E-state index >= 15 is 0 Å². The number of aromatic nitrogens is 3. The first-order chi connectivity index (χ1) is 17.6. The fourth-order valence-electron chi connectivity index (χ4n) is 4.77. The fraction of sp³-hybridized carbons (Fsp3) is 0.333. The van der Waals surface area contributed by atoms with Crippen LogP contribution < -0.4 is 15.0 Å². The van der Waals surface area contributed by atoms with Crippen LogP contribution in [-0.2, 0) is 16.1 Å². The third-order valence-corrected chi connectivity index (χ3v) is 6.60. The minimum atomic E-state index is -0.988. The second kappa shape index (κ2) is 10.6. The van der Waals surface area contributed by atoms with Crippen molar-refractivity contribution in [3.8, 4) is 5.75 Å². The quantitative estimate of drug-likeness (QED) is 0.399. The van der Waals surface area contributed by atoms with Gasteiger partial charge in [-0.25, -0.2) is 4.68 Å². The summed E-state index contributed by atoms with van der Waals surface area (Å²) in [6.07, 6.45) is 6.71. The van der Waals surface area contributed by atoms with Crippen LogP contribution in [0.1, 0.15) is 43.9 Å². The number of anilines is 1. The number of ether oxygens (including phenoxy) is 1. The van der Waals surface area contributed by atoms with Gasteiger partial charge in [0, 0.05) is 11.7 Å². The average molecular weight is 488 g/mol. The predicted octanol–water partition coefficient (Wildman–Crippen LogP) is 4.26.